The van der Waals surface area contributed by atoms with Crippen LogP contribution in [0.5, 0.6) is 0 Å². The van der Waals surface area contributed by atoms with Gasteiger partial charge in [0.05, 0.1) is 33.9 Å². The van der Waals surface area contributed by atoms with E-state index in [4.69, 9.17) is 18.5 Å². The Kier molecular flexibility index (Phi) is 36.0. The number of ether oxygens (including phenoxy) is 2. The molecular weight excluding hydrogens is 741 g/mol. The van der Waals surface area contributed by atoms with Crippen LogP contribution < -0.4 is 0 Å². The average molecular weight is 823 g/mol. The van der Waals surface area contributed by atoms with Gasteiger partial charge in [-0.15, -0.1) is 0 Å². The molecule has 57 heavy (non-hydrogen) atoms. The number of carbonyl (C=O) groups excluding carboxylic acids is 2. The summed E-state index contributed by atoms with van der Waals surface area (Å²) in [5.74, 6) is -0.952. The van der Waals surface area contributed by atoms with Crippen LogP contribution in [0.2, 0.25) is 0 Å². The molecule has 0 aliphatic rings. The van der Waals surface area contributed by atoms with Crippen LogP contribution >= 0.6 is 7.82 Å². The number of likely N-dealkylation sites (N-methyl/N-ethyl adjacent to an activating group) is 1. The highest BCUT2D eigenvalue weighted by atomic mass is 31.2. The Bertz CT molecular complexity index is 1220. The average Bonchev–Trinajstić information content (AvgIpc) is 3.15. The quantitative estimate of drug-likeness (QED) is 0.0156. The van der Waals surface area contributed by atoms with Gasteiger partial charge in [-0.25, -0.2) is 4.57 Å². The second-order valence-corrected chi connectivity index (χ2v) is 17.0. The Hall–Kier alpha value is -2.59. The number of carbonyl (C=O) groups is 2. The van der Waals surface area contributed by atoms with E-state index in [0.29, 0.717) is 36.7 Å². The first kappa shape index (κ1) is 54.4. The lowest BCUT2D eigenvalue weighted by atomic mass is 10.1. The molecule has 0 saturated carbocycles. The van der Waals surface area contributed by atoms with Crippen molar-refractivity contribution >= 4 is 19.8 Å². The summed E-state index contributed by atoms with van der Waals surface area (Å²) < 4.78 is 34.1. The summed E-state index contributed by atoms with van der Waals surface area (Å²) >= 11 is 0. The van der Waals surface area contributed by atoms with E-state index in [1.165, 1.54) is 38.5 Å². The van der Waals surface area contributed by atoms with Gasteiger partial charge in [0.2, 0.25) is 0 Å². The van der Waals surface area contributed by atoms with Crippen molar-refractivity contribution in [2.45, 2.75) is 161 Å². The Balaban J connectivity index is 4.59. The molecule has 0 bridgehead atoms. The predicted molar refractivity (Wildman–Crippen MR) is 235 cm³/mol. The molecule has 0 aromatic carbocycles. The zero-order valence-electron chi connectivity index (χ0n) is 36.4. The number of hydrogen-bond acceptors (Lipinski definition) is 8. The van der Waals surface area contributed by atoms with E-state index in [1.54, 1.807) is 12.2 Å². The van der Waals surface area contributed by atoms with Crippen LogP contribution in [-0.4, -0.2) is 86.1 Å². The predicted octanol–water partition coefficient (Wildman–Crippen LogP) is 11.2. The molecule has 0 spiro atoms. The van der Waals surface area contributed by atoms with Crippen molar-refractivity contribution in [2.24, 2.45) is 0 Å². The third-order valence-electron chi connectivity index (χ3n) is 8.79. The van der Waals surface area contributed by atoms with Crippen LogP contribution in [0.4, 0.5) is 0 Å². The minimum atomic E-state index is -4.41. The highest BCUT2D eigenvalue weighted by molar-refractivity contribution is 7.47. The molecule has 0 heterocycles. The summed E-state index contributed by atoms with van der Waals surface area (Å²) in [4.78, 5) is 35.3. The van der Waals surface area contributed by atoms with Gasteiger partial charge in [0.1, 0.15) is 19.8 Å². The molecule has 2 N–H and O–H groups in total. The number of quaternary nitrogens is 1. The number of phosphoric acid groups is 1. The number of phosphoric ester groups is 1. The number of aliphatic hydroxyl groups excluding tert-OH is 1. The van der Waals surface area contributed by atoms with Crippen LogP contribution in [0.3, 0.4) is 0 Å². The van der Waals surface area contributed by atoms with Gasteiger partial charge in [0.25, 0.3) is 0 Å². The van der Waals surface area contributed by atoms with E-state index < -0.39 is 38.6 Å². The molecule has 0 aromatic heterocycles. The number of esters is 2. The molecule has 2 unspecified atom stereocenters. The Labute approximate surface area is 347 Å². The molecular formula is C46H81NO9P+. The molecule has 0 radical (unpaired) electrons. The Morgan fingerprint density at radius 3 is 1.79 bits per heavy atom. The minimum Gasteiger partial charge on any atom is -0.462 e. The fourth-order valence-electron chi connectivity index (χ4n) is 5.29. The third kappa shape index (κ3) is 41.4. The molecule has 0 rings (SSSR count). The van der Waals surface area contributed by atoms with Crippen molar-refractivity contribution in [1.82, 2.24) is 0 Å². The SMILES string of the molecule is CCCCC/C=C\C/C=C\CCCCCCCC(=O)O[C@H](COC(=O)CCC/C=C/C=C\C(O)C/C=C\C/C=C\CCCCC)COP(=O)(O)OCC[N+](C)(C)C. The molecule has 10 nitrogen and oxygen atoms in total. The number of unbranched alkanes of at least 4 members (excludes halogenated alkanes) is 12. The molecule has 0 amide bonds. The van der Waals surface area contributed by atoms with E-state index in [2.05, 4.69) is 56.4 Å². The van der Waals surface area contributed by atoms with Crippen molar-refractivity contribution in [3.8, 4) is 0 Å². The number of allylic oxidation sites excluding steroid dienone is 10. The van der Waals surface area contributed by atoms with Gasteiger partial charge in [-0.3, -0.25) is 18.6 Å². The van der Waals surface area contributed by atoms with E-state index in [-0.39, 0.29) is 26.1 Å². The third-order valence-corrected chi connectivity index (χ3v) is 9.77. The fraction of sp³-hybridized carbons (Fsp3) is 0.696. The maximum atomic E-state index is 12.7. The largest absolute Gasteiger partial charge is 0.472 e. The van der Waals surface area contributed by atoms with Crippen molar-refractivity contribution in [1.29, 1.82) is 0 Å². The lowest BCUT2D eigenvalue weighted by Crippen LogP contribution is -2.37. The highest BCUT2D eigenvalue weighted by Crippen LogP contribution is 2.43. The smallest absolute Gasteiger partial charge is 0.462 e. The summed E-state index contributed by atoms with van der Waals surface area (Å²) in [7, 11) is 1.38. The molecule has 0 saturated heterocycles. The summed E-state index contributed by atoms with van der Waals surface area (Å²) in [5.41, 5.74) is 0. The van der Waals surface area contributed by atoms with Crippen molar-refractivity contribution in [3.05, 3.63) is 72.9 Å². The van der Waals surface area contributed by atoms with E-state index >= 15 is 0 Å². The van der Waals surface area contributed by atoms with Crippen molar-refractivity contribution < 1.29 is 47.2 Å². The van der Waals surface area contributed by atoms with Gasteiger partial charge in [-0.1, -0.05) is 132 Å². The Morgan fingerprint density at radius 1 is 0.632 bits per heavy atom. The summed E-state index contributed by atoms with van der Waals surface area (Å²) in [5, 5.41) is 10.1. The van der Waals surface area contributed by atoms with E-state index in [1.807, 2.05) is 39.4 Å². The number of nitrogens with zero attached hydrogens (tertiary/aromatic N) is 1. The number of rotatable bonds is 38. The molecule has 0 aromatic rings. The lowest BCUT2D eigenvalue weighted by Gasteiger charge is -2.24. The first-order chi connectivity index (χ1) is 27.4. The summed E-state index contributed by atoms with van der Waals surface area (Å²) in [6.07, 6.45) is 42.6. The lowest BCUT2D eigenvalue weighted by molar-refractivity contribution is -0.870. The summed E-state index contributed by atoms with van der Waals surface area (Å²) in [6.45, 7) is 4.16. The maximum Gasteiger partial charge on any atom is 0.472 e. The molecule has 11 heteroatoms. The standard InChI is InChI=1S/C46H80NO9P/c1-6-8-10-12-14-16-17-18-19-20-21-23-25-29-34-38-46(50)56-44(42-55-57(51,52)54-40-39-47(3,4)5)41-53-45(49)37-33-30-26-28-32-36-43(48)35-31-27-24-22-15-13-11-9-7-2/h14-16,18-19,22,26-28,31-32,36,43-44,48H,6-13,17,20-21,23-25,29-30,33-35,37-42H2,1-5H3/p+1/b16-14-,19-18-,22-15-,28-26+,31-27-,36-32-/t43?,44-/m1/s1. The van der Waals surface area contributed by atoms with Crippen LogP contribution in [-0.2, 0) is 32.7 Å². The normalized spacial score (nSPS) is 14.9. The van der Waals surface area contributed by atoms with Crippen molar-refractivity contribution in [3.63, 3.8) is 0 Å². The maximum absolute atomic E-state index is 12.7. The van der Waals surface area contributed by atoms with Gasteiger partial charge in [-0.2, -0.15) is 0 Å². The number of aliphatic hydroxyl groups is 1. The summed E-state index contributed by atoms with van der Waals surface area (Å²) in [6, 6.07) is 0. The van der Waals surface area contributed by atoms with Gasteiger partial charge >= 0.3 is 19.8 Å². The van der Waals surface area contributed by atoms with Crippen LogP contribution in [0.25, 0.3) is 0 Å². The van der Waals surface area contributed by atoms with Gasteiger partial charge in [0, 0.05) is 12.8 Å². The molecule has 328 valence electrons. The Morgan fingerprint density at radius 2 is 1.18 bits per heavy atom. The van der Waals surface area contributed by atoms with Crippen molar-refractivity contribution in [2.75, 3.05) is 47.5 Å². The molecule has 0 aliphatic heterocycles. The second kappa shape index (κ2) is 37.7. The van der Waals surface area contributed by atoms with Crippen LogP contribution in [0.15, 0.2) is 72.9 Å². The monoisotopic (exact) mass is 823 g/mol. The molecule has 0 fully saturated rings. The van der Waals surface area contributed by atoms with E-state index in [9.17, 15) is 24.2 Å². The fourth-order valence-corrected chi connectivity index (χ4v) is 6.03. The molecule has 3 atom stereocenters. The zero-order valence-corrected chi connectivity index (χ0v) is 37.3. The minimum absolute atomic E-state index is 0.00304. The zero-order chi connectivity index (χ0) is 42.3. The van der Waals surface area contributed by atoms with Crippen LogP contribution in [0, 0.1) is 0 Å². The van der Waals surface area contributed by atoms with Gasteiger partial charge in [0.15, 0.2) is 6.10 Å². The highest BCUT2D eigenvalue weighted by Gasteiger charge is 2.27. The topological polar surface area (TPSA) is 129 Å². The van der Waals surface area contributed by atoms with Gasteiger partial charge < -0.3 is 24.0 Å². The van der Waals surface area contributed by atoms with Crippen LogP contribution in [0.1, 0.15) is 149 Å². The van der Waals surface area contributed by atoms with E-state index in [0.717, 1.165) is 57.8 Å². The first-order valence-electron chi connectivity index (χ1n) is 21.8. The first-order valence-corrected chi connectivity index (χ1v) is 23.3. The van der Waals surface area contributed by atoms with Gasteiger partial charge in [-0.05, 0) is 77.0 Å². The number of hydrogen-bond donors (Lipinski definition) is 2. The molecule has 0 aliphatic carbocycles. The second-order valence-electron chi connectivity index (χ2n) is 15.6.